The van der Waals surface area contributed by atoms with Crippen molar-refractivity contribution in [3.8, 4) is 0 Å². The normalized spacial score (nSPS) is 11.4. The van der Waals surface area contributed by atoms with Crippen LogP contribution in [0.2, 0.25) is 10.0 Å². The zero-order chi connectivity index (χ0) is 15.8. The van der Waals surface area contributed by atoms with E-state index in [0.29, 0.717) is 8.95 Å². The summed E-state index contributed by atoms with van der Waals surface area (Å²) >= 11 is 18.3. The number of sulfonamides is 1. The van der Waals surface area contributed by atoms with E-state index in [1.54, 1.807) is 6.07 Å². The summed E-state index contributed by atoms with van der Waals surface area (Å²) in [6, 6.07) is 4.41. The maximum atomic E-state index is 12.4. The highest BCUT2D eigenvalue weighted by molar-refractivity contribution is 9.10. The van der Waals surface area contributed by atoms with E-state index in [9.17, 15) is 8.42 Å². The van der Waals surface area contributed by atoms with Gasteiger partial charge in [0.15, 0.2) is 0 Å². The number of benzene rings is 1. The maximum Gasteiger partial charge on any atom is 0.265 e. The van der Waals surface area contributed by atoms with Crippen molar-refractivity contribution in [1.82, 2.24) is 4.98 Å². The third-order valence-corrected chi connectivity index (χ3v) is 6.02. The molecule has 1 heterocycles. The number of halogens is 4. The van der Waals surface area contributed by atoms with E-state index >= 15 is 0 Å². The summed E-state index contributed by atoms with van der Waals surface area (Å²) in [5.41, 5.74) is 5.75. The monoisotopic (exact) mass is 473 g/mol. The van der Waals surface area contributed by atoms with Gasteiger partial charge in [-0.05, 0) is 50.1 Å². The first-order valence-corrected chi connectivity index (χ1v) is 9.12. The number of nitrogen functional groups attached to an aromatic ring is 1. The topological polar surface area (TPSA) is 85.1 Å². The molecule has 0 radical (unpaired) electrons. The van der Waals surface area contributed by atoms with Crippen LogP contribution in [0.15, 0.2) is 38.2 Å². The van der Waals surface area contributed by atoms with Crippen molar-refractivity contribution < 1.29 is 8.42 Å². The summed E-state index contributed by atoms with van der Waals surface area (Å²) in [4.78, 5) is 3.63. The Morgan fingerprint density at radius 2 is 1.86 bits per heavy atom. The summed E-state index contributed by atoms with van der Waals surface area (Å²) in [7, 11) is -3.94. The molecular weight excluding hydrogens is 469 g/mol. The van der Waals surface area contributed by atoms with Gasteiger partial charge in [0, 0.05) is 15.1 Å². The fourth-order valence-electron chi connectivity index (χ4n) is 1.45. The number of hydrogen-bond donors (Lipinski definition) is 2. The highest BCUT2D eigenvalue weighted by Gasteiger charge is 2.21. The largest absolute Gasteiger partial charge is 0.383 e. The fourth-order valence-corrected chi connectivity index (χ4v) is 3.99. The highest BCUT2D eigenvalue weighted by Crippen LogP contribution is 2.37. The Labute approximate surface area is 148 Å². The molecule has 0 saturated carbocycles. The molecule has 0 aliphatic heterocycles. The Kier molecular flexibility index (Phi) is 5.04. The molecule has 0 atom stereocenters. The molecule has 0 aliphatic rings. The van der Waals surface area contributed by atoms with Gasteiger partial charge in [-0.1, -0.05) is 23.2 Å². The molecule has 0 bridgehead atoms. The Balaban J connectivity index is 2.47. The van der Waals surface area contributed by atoms with Crippen molar-refractivity contribution in [2.45, 2.75) is 4.90 Å². The van der Waals surface area contributed by atoms with Crippen LogP contribution in [-0.4, -0.2) is 13.4 Å². The zero-order valence-corrected chi connectivity index (χ0v) is 15.6. The molecule has 3 N–H and O–H groups in total. The standard InChI is InChI=1S/C11H7Br2Cl2N3O2S/c12-5-3-8(11(16)17-4-5)21(19,20)18-7-2-1-6(13)9(14)10(7)15/h1-4,18H,(H2,16,17). The Bertz CT molecular complexity index is 815. The fraction of sp³-hybridized carbons (Fsp3) is 0. The van der Waals surface area contributed by atoms with Gasteiger partial charge in [-0.3, -0.25) is 4.72 Å². The van der Waals surface area contributed by atoms with Crippen molar-refractivity contribution >= 4 is 76.6 Å². The number of nitrogens with zero attached hydrogens (tertiary/aromatic N) is 1. The minimum Gasteiger partial charge on any atom is -0.383 e. The molecule has 0 unspecified atom stereocenters. The number of hydrogen-bond acceptors (Lipinski definition) is 4. The van der Waals surface area contributed by atoms with Crippen LogP contribution in [0.5, 0.6) is 0 Å². The van der Waals surface area contributed by atoms with Gasteiger partial charge < -0.3 is 5.73 Å². The van der Waals surface area contributed by atoms with Gasteiger partial charge in [0.05, 0.1) is 15.7 Å². The Hall–Kier alpha value is -0.540. The molecule has 2 aromatic rings. The molecular formula is C11H7Br2Cl2N3O2S. The van der Waals surface area contributed by atoms with Crippen molar-refractivity contribution in [3.05, 3.63) is 43.4 Å². The summed E-state index contributed by atoms with van der Waals surface area (Å²) in [5, 5.41) is 0.286. The SMILES string of the molecule is Nc1ncc(Br)cc1S(=O)(=O)Nc1ccc(Br)c(Cl)c1Cl. The smallest absolute Gasteiger partial charge is 0.265 e. The van der Waals surface area contributed by atoms with E-state index in [2.05, 4.69) is 41.6 Å². The van der Waals surface area contributed by atoms with Gasteiger partial charge in [-0.15, -0.1) is 0 Å². The molecule has 21 heavy (non-hydrogen) atoms. The molecule has 0 aliphatic carbocycles. The number of rotatable bonds is 3. The van der Waals surface area contributed by atoms with E-state index in [1.165, 1.54) is 18.3 Å². The lowest BCUT2D eigenvalue weighted by Crippen LogP contribution is -2.16. The van der Waals surface area contributed by atoms with Crippen LogP contribution in [0.25, 0.3) is 0 Å². The van der Waals surface area contributed by atoms with E-state index in [4.69, 9.17) is 28.9 Å². The minimum absolute atomic E-state index is 0.0798. The van der Waals surface area contributed by atoms with Crippen LogP contribution in [0.4, 0.5) is 11.5 Å². The summed E-state index contributed by atoms with van der Waals surface area (Å²) in [6.07, 6.45) is 1.40. The molecule has 1 aromatic heterocycles. The van der Waals surface area contributed by atoms with E-state index < -0.39 is 10.0 Å². The predicted octanol–water partition coefficient (Wildman–Crippen LogP) is 4.30. The Morgan fingerprint density at radius 1 is 1.19 bits per heavy atom. The third kappa shape index (κ3) is 3.62. The molecule has 112 valence electrons. The van der Waals surface area contributed by atoms with Crippen LogP contribution in [-0.2, 0) is 10.0 Å². The highest BCUT2D eigenvalue weighted by atomic mass is 79.9. The second-order valence-electron chi connectivity index (χ2n) is 3.87. The molecule has 1 aromatic carbocycles. The second kappa shape index (κ2) is 6.29. The number of nitrogens with one attached hydrogen (secondary N) is 1. The molecule has 0 amide bonds. The Morgan fingerprint density at radius 3 is 2.52 bits per heavy atom. The first-order chi connectivity index (χ1) is 9.72. The average molecular weight is 476 g/mol. The van der Waals surface area contributed by atoms with E-state index in [0.717, 1.165) is 0 Å². The molecule has 0 fully saturated rings. The summed E-state index contributed by atoms with van der Waals surface area (Å²) in [6.45, 7) is 0. The maximum absolute atomic E-state index is 12.4. The van der Waals surface area contributed by atoms with Crippen LogP contribution in [0.3, 0.4) is 0 Å². The number of anilines is 2. The number of nitrogens with two attached hydrogens (primary N) is 1. The lowest BCUT2D eigenvalue weighted by Gasteiger charge is -2.12. The van der Waals surface area contributed by atoms with Crippen molar-refractivity contribution in [2.24, 2.45) is 0 Å². The van der Waals surface area contributed by atoms with Gasteiger partial charge in [-0.25, -0.2) is 13.4 Å². The molecule has 2 rings (SSSR count). The number of pyridine rings is 1. The van der Waals surface area contributed by atoms with Gasteiger partial charge in [-0.2, -0.15) is 0 Å². The van der Waals surface area contributed by atoms with E-state index in [-0.39, 0.29) is 26.4 Å². The van der Waals surface area contributed by atoms with Crippen LogP contribution in [0, 0.1) is 0 Å². The molecule has 0 spiro atoms. The first-order valence-electron chi connectivity index (χ1n) is 5.29. The van der Waals surface area contributed by atoms with Gasteiger partial charge in [0.25, 0.3) is 10.0 Å². The first kappa shape index (κ1) is 16.8. The minimum atomic E-state index is -3.94. The lowest BCUT2D eigenvalue weighted by molar-refractivity contribution is 0.601. The third-order valence-electron chi connectivity index (χ3n) is 2.42. The predicted molar refractivity (Wildman–Crippen MR) is 91.3 cm³/mol. The van der Waals surface area contributed by atoms with Gasteiger partial charge >= 0.3 is 0 Å². The van der Waals surface area contributed by atoms with Crippen molar-refractivity contribution in [2.75, 3.05) is 10.5 Å². The van der Waals surface area contributed by atoms with Crippen molar-refractivity contribution in [3.63, 3.8) is 0 Å². The quantitative estimate of drug-likeness (QED) is 0.648. The number of aromatic nitrogens is 1. The molecule has 10 heteroatoms. The summed E-state index contributed by atoms with van der Waals surface area (Å²) < 4.78 is 28.1. The zero-order valence-electron chi connectivity index (χ0n) is 10.1. The van der Waals surface area contributed by atoms with Gasteiger partial charge in [0.2, 0.25) is 0 Å². The van der Waals surface area contributed by atoms with Crippen LogP contribution in [0.1, 0.15) is 0 Å². The van der Waals surface area contributed by atoms with Crippen LogP contribution < -0.4 is 10.5 Å². The molecule has 5 nitrogen and oxygen atoms in total. The van der Waals surface area contributed by atoms with Gasteiger partial charge in [0.1, 0.15) is 10.7 Å². The van der Waals surface area contributed by atoms with Crippen LogP contribution >= 0.6 is 55.1 Å². The lowest BCUT2D eigenvalue weighted by atomic mass is 10.3. The second-order valence-corrected chi connectivity index (χ2v) is 8.04. The van der Waals surface area contributed by atoms with E-state index in [1.807, 2.05) is 0 Å². The average Bonchev–Trinajstić information content (AvgIpc) is 2.42. The molecule has 0 saturated heterocycles. The summed E-state index contributed by atoms with van der Waals surface area (Å²) in [5.74, 6) is -0.120. The van der Waals surface area contributed by atoms with Crippen molar-refractivity contribution in [1.29, 1.82) is 0 Å².